The molecule has 90 valence electrons. The normalized spacial score (nSPS) is 35.5. The lowest BCUT2D eigenvalue weighted by atomic mass is 9.94. The maximum Gasteiger partial charge on any atom is 0.217 e. The van der Waals surface area contributed by atoms with Gasteiger partial charge in [-0.2, -0.15) is 0 Å². The fourth-order valence-electron chi connectivity index (χ4n) is 1.57. The van der Waals surface area contributed by atoms with Crippen LogP contribution in [0.5, 0.6) is 0 Å². The maximum atomic E-state index is 10.7. The molecule has 0 aromatic carbocycles. The summed E-state index contributed by atoms with van der Waals surface area (Å²) in [5.41, 5.74) is 0. The number of piperidine rings is 1. The number of nitrogens with one attached hydrogen (secondary N) is 2. The van der Waals surface area contributed by atoms with Gasteiger partial charge in [-0.15, -0.1) is 12.4 Å². The molecule has 0 aromatic rings. The Bertz CT molecular complexity index is 217. The first-order chi connectivity index (χ1) is 6.56. The highest BCUT2D eigenvalue weighted by atomic mass is 35.5. The van der Waals surface area contributed by atoms with Crippen molar-refractivity contribution < 1.29 is 20.1 Å². The van der Waals surface area contributed by atoms with E-state index in [1.807, 2.05) is 0 Å². The fourth-order valence-corrected chi connectivity index (χ4v) is 1.57. The molecule has 1 fully saturated rings. The largest absolute Gasteiger partial charge is 0.395 e. The van der Waals surface area contributed by atoms with E-state index in [0.717, 1.165) is 0 Å². The van der Waals surface area contributed by atoms with E-state index in [0.29, 0.717) is 6.54 Å². The van der Waals surface area contributed by atoms with E-state index in [2.05, 4.69) is 10.6 Å². The predicted molar refractivity (Wildman–Crippen MR) is 55.7 cm³/mol. The first kappa shape index (κ1) is 14.6. The Balaban J connectivity index is 0.00000196. The Morgan fingerprint density at radius 2 is 2.07 bits per heavy atom. The zero-order valence-corrected chi connectivity index (χ0v) is 9.20. The summed E-state index contributed by atoms with van der Waals surface area (Å²) in [5.74, 6) is -0.259. The molecule has 15 heavy (non-hydrogen) atoms. The minimum atomic E-state index is -1.06. The standard InChI is InChI=1S/C8H16N2O4.ClH/c1-4(12)10-5-2-9-6(3-11)8(14)7(5)13;/h5-9,11,13-14H,2-3H2,1H3,(H,10,12);1H/t5-,6+,7+,8-;/m0./s1. The smallest absolute Gasteiger partial charge is 0.217 e. The number of aliphatic hydroxyl groups is 3. The van der Waals surface area contributed by atoms with Crippen molar-refractivity contribution in [3.05, 3.63) is 0 Å². The molecule has 1 heterocycles. The van der Waals surface area contributed by atoms with Crippen LogP contribution in [0, 0.1) is 0 Å². The summed E-state index contributed by atoms with van der Waals surface area (Å²) in [6.45, 7) is 1.44. The molecule has 1 aliphatic rings. The number of hydrogen-bond donors (Lipinski definition) is 5. The van der Waals surface area contributed by atoms with Crippen LogP contribution in [-0.2, 0) is 4.79 Å². The van der Waals surface area contributed by atoms with Crippen LogP contribution in [-0.4, -0.2) is 58.7 Å². The van der Waals surface area contributed by atoms with Crippen LogP contribution in [0.3, 0.4) is 0 Å². The average molecular weight is 241 g/mol. The van der Waals surface area contributed by atoms with Crippen LogP contribution >= 0.6 is 12.4 Å². The van der Waals surface area contributed by atoms with Gasteiger partial charge in [-0.3, -0.25) is 4.79 Å². The number of carbonyl (C=O) groups excluding carboxylic acids is 1. The third kappa shape index (κ3) is 3.58. The summed E-state index contributed by atoms with van der Waals surface area (Å²) in [7, 11) is 0. The molecule has 4 atom stereocenters. The molecule has 1 aliphatic heterocycles. The van der Waals surface area contributed by atoms with Crippen molar-refractivity contribution in [3.8, 4) is 0 Å². The zero-order valence-electron chi connectivity index (χ0n) is 8.38. The van der Waals surface area contributed by atoms with E-state index in [9.17, 15) is 15.0 Å². The van der Waals surface area contributed by atoms with E-state index >= 15 is 0 Å². The summed E-state index contributed by atoms with van der Waals surface area (Å²) in [6.07, 6.45) is -2.11. The average Bonchev–Trinajstić information content (AvgIpc) is 2.13. The van der Waals surface area contributed by atoms with Gasteiger partial charge >= 0.3 is 0 Å². The molecule has 0 radical (unpaired) electrons. The number of rotatable bonds is 2. The van der Waals surface area contributed by atoms with Gasteiger partial charge in [0.2, 0.25) is 5.91 Å². The first-order valence-corrected chi connectivity index (χ1v) is 4.53. The predicted octanol–water partition coefficient (Wildman–Crippen LogP) is -2.40. The second-order valence-electron chi connectivity index (χ2n) is 3.49. The van der Waals surface area contributed by atoms with Gasteiger partial charge in [-0.05, 0) is 0 Å². The van der Waals surface area contributed by atoms with Crippen LogP contribution in [0.15, 0.2) is 0 Å². The van der Waals surface area contributed by atoms with Crippen LogP contribution in [0.4, 0.5) is 0 Å². The summed E-state index contributed by atoms with van der Waals surface area (Å²) >= 11 is 0. The molecule has 1 amide bonds. The van der Waals surface area contributed by atoms with Crippen molar-refractivity contribution in [3.63, 3.8) is 0 Å². The van der Waals surface area contributed by atoms with Crippen LogP contribution < -0.4 is 10.6 Å². The molecule has 6 nitrogen and oxygen atoms in total. The van der Waals surface area contributed by atoms with E-state index in [1.54, 1.807) is 0 Å². The fraction of sp³-hybridized carbons (Fsp3) is 0.875. The lowest BCUT2D eigenvalue weighted by molar-refractivity contribution is -0.122. The Morgan fingerprint density at radius 3 is 2.53 bits per heavy atom. The molecule has 5 N–H and O–H groups in total. The van der Waals surface area contributed by atoms with Gasteiger partial charge in [0.1, 0.15) is 6.10 Å². The van der Waals surface area contributed by atoms with Gasteiger partial charge < -0.3 is 26.0 Å². The molecule has 0 spiro atoms. The lowest BCUT2D eigenvalue weighted by Gasteiger charge is -2.37. The summed E-state index contributed by atoms with van der Waals surface area (Å²) in [5, 5.41) is 33.2. The van der Waals surface area contributed by atoms with Gasteiger partial charge in [0.25, 0.3) is 0 Å². The number of carbonyl (C=O) groups is 1. The van der Waals surface area contributed by atoms with Crippen LogP contribution in [0.2, 0.25) is 0 Å². The van der Waals surface area contributed by atoms with Crippen LogP contribution in [0.25, 0.3) is 0 Å². The molecule has 7 heteroatoms. The summed E-state index contributed by atoms with van der Waals surface area (Å²) in [6, 6.07) is -1.04. The second kappa shape index (κ2) is 6.24. The molecule has 0 aliphatic carbocycles. The minimum Gasteiger partial charge on any atom is -0.395 e. The quantitative estimate of drug-likeness (QED) is 0.370. The third-order valence-electron chi connectivity index (χ3n) is 2.36. The second-order valence-corrected chi connectivity index (χ2v) is 3.49. The van der Waals surface area contributed by atoms with Crippen molar-refractivity contribution in [1.82, 2.24) is 10.6 Å². The SMILES string of the molecule is CC(=O)N[C@H]1CN[C@H](CO)[C@H](O)[C@@H]1O.Cl. The Hall–Kier alpha value is -0.400. The number of amides is 1. The van der Waals surface area contributed by atoms with Gasteiger partial charge in [0.05, 0.1) is 24.8 Å². The highest BCUT2D eigenvalue weighted by Crippen LogP contribution is 2.10. The molecular weight excluding hydrogens is 224 g/mol. The topological polar surface area (TPSA) is 102 Å². The lowest BCUT2D eigenvalue weighted by Crippen LogP contribution is -2.65. The Labute approximate surface area is 94.1 Å². The first-order valence-electron chi connectivity index (χ1n) is 4.53. The van der Waals surface area contributed by atoms with E-state index in [-0.39, 0.29) is 24.9 Å². The van der Waals surface area contributed by atoms with Crippen molar-refractivity contribution >= 4 is 18.3 Å². The molecular formula is C8H17ClN2O4. The minimum absolute atomic E-state index is 0. The van der Waals surface area contributed by atoms with Gasteiger partial charge in [0.15, 0.2) is 0 Å². The van der Waals surface area contributed by atoms with Gasteiger partial charge in [0, 0.05) is 13.5 Å². The van der Waals surface area contributed by atoms with E-state index in [1.165, 1.54) is 6.92 Å². The number of halogens is 1. The van der Waals surface area contributed by atoms with E-state index in [4.69, 9.17) is 5.11 Å². The van der Waals surface area contributed by atoms with Crippen LogP contribution in [0.1, 0.15) is 6.92 Å². The molecule has 0 saturated carbocycles. The number of hydrogen-bond acceptors (Lipinski definition) is 5. The summed E-state index contributed by atoms with van der Waals surface area (Å²) in [4.78, 5) is 10.7. The highest BCUT2D eigenvalue weighted by Gasteiger charge is 2.36. The van der Waals surface area contributed by atoms with Crippen molar-refractivity contribution in [2.24, 2.45) is 0 Å². The third-order valence-corrected chi connectivity index (χ3v) is 2.36. The molecule has 0 bridgehead atoms. The maximum absolute atomic E-state index is 10.7. The van der Waals surface area contributed by atoms with Crippen molar-refractivity contribution in [2.75, 3.05) is 13.2 Å². The van der Waals surface area contributed by atoms with Crippen molar-refractivity contribution in [1.29, 1.82) is 0 Å². The van der Waals surface area contributed by atoms with Crippen molar-refractivity contribution in [2.45, 2.75) is 31.2 Å². The Kier molecular flexibility index (Phi) is 6.07. The molecule has 1 saturated heterocycles. The zero-order chi connectivity index (χ0) is 10.7. The monoisotopic (exact) mass is 240 g/mol. The van der Waals surface area contributed by atoms with E-state index < -0.39 is 24.3 Å². The summed E-state index contributed by atoms with van der Waals surface area (Å²) < 4.78 is 0. The Morgan fingerprint density at radius 1 is 1.47 bits per heavy atom. The molecule has 0 unspecified atom stereocenters. The molecule has 0 aromatic heterocycles. The highest BCUT2D eigenvalue weighted by molar-refractivity contribution is 5.85. The number of aliphatic hydroxyl groups excluding tert-OH is 3. The van der Waals surface area contributed by atoms with Gasteiger partial charge in [-0.1, -0.05) is 0 Å². The molecule has 1 rings (SSSR count). The van der Waals surface area contributed by atoms with Gasteiger partial charge in [-0.25, -0.2) is 0 Å².